The predicted molar refractivity (Wildman–Crippen MR) is 116 cm³/mol. The summed E-state index contributed by atoms with van der Waals surface area (Å²) in [5, 5.41) is 2.86. The van der Waals surface area contributed by atoms with Crippen molar-refractivity contribution in [3.8, 4) is 0 Å². The molecule has 160 valence electrons. The summed E-state index contributed by atoms with van der Waals surface area (Å²) in [5.41, 5.74) is 2.78. The fourth-order valence-electron chi connectivity index (χ4n) is 3.38. The molecule has 1 aliphatic heterocycles. The molecule has 0 radical (unpaired) electrons. The van der Waals surface area contributed by atoms with Gasteiger partial charge in [0.05, 0.1) is 4.90 Å². The fourth-order valence-corrected chi connectivity index (χ4v) is 4.82. The van der Waals surface area contributed by atoms with Crippen LogP contribution in [0.2, 0.25) is 0 Å². The van der Waals surface area contributed by atoms with Crippen LogP contribution in [0.4, 0.5) is 5.69 Å². The smallest absolute Gasteiger partial charge is 0.243 e. The zero-order valence-electron chi connectivity index (χ0n) is 17.3. The molecule has 0 aromatic heterocycles. The van der Waals surface area contributed by atoms with E-state index >= 15 is 0 Å². The largest absolute Gasteiger partial charge is 0.340 e. The Morgan fingerprint density at radius 1 is 0.933 bits per heavy atom. The van der Waals surface area contributed by atoms with E-state index in [2.05, 4.69) is 5.32 Å². The summed E-state index contributed by atoms with van der Waals surface area (Å²) < 4.78 is 26.7. The molecular formula is C22H27N3O4S. The van der Waals surface area contributed by atoms with E-state index in [4.69, 9.17) is 0 Å². The van der Waals surface area contributed by atoms with Crippen LogP contribution in [0.1, 0.15) is 24.0 Å². The number of rotatable bonds is 6. The highest BCUT2D eigenvalue weighted by atomic mass is 32.2. The molecular weight excluding hydrogens is 402 g/mol. The lowest BCUT2D eigenvalue weighted by atomic mass is 10.1. The molecule has 0 spiro atoms. The summed E-state index contributed by atoms with van der Waals surface area (Å²) in [6, 6.07) is 14.1. The van der Waals surface area contributed by atoms with E-state index in [0.29, 0.717) is 13.1 Å². The van der Waals surface area contributed by atoms with Crippen LogP contribution in [-0.4, -0.2) is 55.6 Å². The first-order chi connectivity index (χ1) is 14.3. The maximum atomic E-state index is 12.7. The molecule has 1 saturated heterocycles. The number of hydrogen-bond donors (Lipinski definition) is 1. The van der Waals surface area contributed by atoms with E-state index in [-0.39, 0.29) is 42.6 Å². The average molecular weight is 430 g/mol. The number of carbonyl (C=O) groups excluding carboxylic acids is 2. The van der Waals surface area contributed by atoms with Gasteiger partial charge in [-0.15, -0.1) is 0 Å². The molecule has 30 heavy (non-hydrogen) atoms. The van der Waals surface area contributed by atoms with Gasteiger partial charge in [0.2, 0.25) is 21.8 Å². The molecule has 8 heteroatoms. The zero-order valence-corrected chi connectivity index (χ0v) is 18.1. The lowest BCUT2D eigenvalue weighted by Crippen LogP contribution is -2.50. The third-order valence-electron chi connectivity index (χ3n) is 5.21. The van der Waals surface area contributed by atoms with E-state index in [1.165, 1.54) is 4.31 Å². The second kappa shape index (κ2) is 9.40. The zero-order chi connectivity index (χ0) is 21.7. The molecule has 1 N–H and O–H groups in total. The molecule has 0 atom stereocenters. The Balaban J connectivity index is 1.48. The van der Waals surface area contributed by atoms with E-state index in [1.54, 1.807) is 35.2 Å². The van der Waals surface area contributed by atoms with Gasteiger partial charge in [-0.3, -0.25) is 9.59 Å². The minimum absolute atomic E-state index is 0.0920. The van der Waals surface area contributed by atoms with Crippen molar-refractivity contribution < 1.29 is 18.0 Å². The third-order valence-corrected chi connectivity index (χ3v) is 7.12. The van der Waals surface area contributed by atoms with Gasteiger partial charge < -0.3 is 10.2 Å². The highest BCUT2D eigenvalue weighted by molar-refractivity contribution is 7.89. The second-order valence-electron chi connectivity index (χ2n) is 7.46. The van der Waals surface area contributed by atoms with Gasteiger partial charge in [-0.1, -0.05) is 30.3 Å². The SMILES string of the molecule is Cc1ccc(C)c(NC(=O)CCC(=O)N2CCN(S(=O)(=O)c3ccccc3)CC2)c1. The lowest BCUT2D eigenvalue weighted by molar-refractivity contribution is -0.133. The summed E-state index contributed by atoms with van der Waals surface area (Å²) in [6.07, 6.45) is 0.191. The maximum absolute atomic E-state index is 12.7. The molecule has 0 aliphatic carbocycles. The van der Waals surface area contributed by atoms with Crippen molar-refractivity contribution in [3.05, 3.63) is 59.7 Å². The lowest BCUT2D eigenvalue weighted by Gasteiger charge is -2.34. The molecule has 0 unspecified atom stereocenters. The van der Waals surface area contributed by atoms with Crippen LogP contribution in [-0.2, 0) is 19.6 Å². The number of carbonyl (C=O) groups is 2. The summed E-state index contributed by atoms with van der Waals surface area (Å²) in [4.78, 5) is 26.6. The van der Waals surface area contributed by atoms with Crippen LogP contribution in [0, 0.1) is 13.8 Å². The number of aryl methyl sites for hydroxylation is 2. The van der Waals surface area contributed by atoms with Crippen molar-refractivity contribution in [2.75, 3.05) is 31.5 Å². The summed E-state index contributed by atoms with van der Waals surface area (Å²) in [7, 11) is -3.55. The molecule has 1 heterocycles. The Bertz CT molecular complexity index is 1010. The van der Waals surface area contributed by atoms with Gasteiger partial charge in [0.1, 0.15) is 0 Å². The van der Waals surface area contributed by atoms with Gasteiger partial charge in [-0.2, -0.15) is 4.31 Å². The van der Waals surface area contributed by atoms with Crippen molar-refractivity contribution in [1.82, 2.24) is 9.21 Å². The Kier molecular flexibility index (Phi) is 6.89. The Morgan fingerprint density at radius 2 is 1.60 bits per heavy atom. The van der Waals surface area contributed by atoms with Crippen LogP contribution in [0.5, 0.6) is 0 Å². The first-order valence-corrected chi connectivity index (χ1v) is 11.4. The van der Waals surface area contributed by atoms with Crippen molar-refractivity contribution in [1.29, 1.82) is 0 Å². The normalized spacial score (nSPS) is 15.1. The summed E-state index contributed by atoms with van der Waals surface area (Å²) in [6.45, 7) is 5.02. The monoisotopic (exact) mass is 429 g/mol. The van der Waals surface area contributed by atoms with Crippen LogP contribution in [0.3, 0.4) is 0 Å². The molecule has 1 fully saturated rings. The molecule has 1 aliphatic rings. The van der Waals surface area contributed by atoms with E-state index in [1.807, 2.05) is 32.0 Å². The molecule has 2 aromatic rings. The van der Waals surface area contributed by atoms with Crippen LogP contribution < -0.4 is 5.32 Å². The van der Waals surface area contributed by atoms with Crippen molar-refractivity contribution in [2.24, 2.45) is 0 Å². The van der Waals surface area contributed by atoms with Gasteiger partial charge in [-0.05, 0) is 43.2 Å². The number of anilines is 1. The van der Waals surface area contributed by atoms with Gasteiger partial charge in [0, 0.05) is 44.7 Å². The Hall–Kier alpha value is -2.71. The predicted octanol–water partition coefficient (Wildman–Crippen LogP) is 2.56. The molecule has 2 amide bonds. The topological polar surface area (TPSA) is 86.8 Å². The number of amides is 2. The van der Waals surface area contributed by atoms with Crippen LogP contribution >= 0.6 is 0 Å². The van der Waals surface area contributed by atoms with Crippen molar-refractivity contribution in [2.45, 2.75) is 31.6 Å². The number of nitrogens with one attached hydrogen (secondary N) is 1. The highest BCUT2D eigenvalue weighted by Gasteiger charge is 2.29. The maximum Gasteiger partial charge on any atom is 0.243 e. The minimum Gasteiger partial charge on any atom is -0.340 e. The first kappa shape index (κ1) is 22.0. The Morgan fingerprint density at radius 3 is 2.27 bits per heavy atom. The summed E-state index contributed by atoms with van der Waals surface area (Å²) >= 11 is 0. The number of hydrogen-bond acceptors (Lipinski definition) is 4. The van der Waals surface area contributed by atoms with Crippen molar-refractivity contribution >= 4 is 27.5 Å². The summed E-state index contributed by atoms with van der Waals surface area (Å²) in [5.74, 6) is -0.342. The van der Waals surface area contributed by atoms with Gasteiger partial charge in [0.15, 0.2) is 0 Å². The average Bonchev–Trinajstić information content (AvgIpc) is 2.75. The fraction of sp³-hybridized carbons (Fsp3) is 0.364. The van der Waals surface area contributed by atoms with E-state index in [9.17, 15) is 18.0 Å². The van der Waals surface area contributed by atoms with Gasteiger partial charge in [0.25, 0.3) is 0 Å². The standard InChI is InChI=1S/C22H27N3O4S/c1-17-8-9-18(2)20(16-17)23-21(26)10-11-22(27)24-12-14-25(15-13-24)30(28,29)19-6-4-3-5-7-19/h3-9,16H,10-15H2,1-2H3,(H,23,26). The molecule has 2 aromatic carbocycles. The van der Waals surface area contributed by atoms with Crippen LogP contribution in [0.15, 0.2) is 53.4 Å². The highest BCUT2D eigenvalue weighted by Crippen LogP contribution is 2.19. The molecule has 3 rings (SSSR count). The van der Waals surface area contributed by atoms with Gasteiger partial charge >= 0.3 is 0 Å². The molecule has 0 saturated carbocycles. The number of piperazine rings is 1. The first-order valence-electron chi connectivity index (χ1n) is 9.97. The van der Waals surface area contributed by atoms with E-state index < -0.39 is 10.0 Å². The van der Waals surface area contributed by atoms with E-state index in [0.717, 1.165) is 16.8 Å². The number of benzene rings is 2. The van der Waals surface area contributed by atoms with Crippen molar-refractivity contribution in [3.63, 3.8) is 0 Å². The number of nitrogens with zero attached hydrogens (tertiary/aromatic N) is 2. The number of sulfonamides is 1. The molecule has 0 bridgehead atoms. The van der Waals surface area contributed by atoms with Crippen LogP contribution in [0.25, 0.3) is 0 Å². The Labute approximate surface area is 177 Å². The molecule has 7 nitrogen and oxygen atoms in total. The minimum atomic E-state index is -3.55. The van der Waals surface area contributed by atoms with Gasteiger partial charge in [-0.25, -0.2) is 8.42 Å². The quantitative estimate of drug-likeness (QED) is 0.765. The third kappa shape index (κ3) is 5.25. The second-order valence-corrected chi connectivity index (χ2v) is 9.40.